The van der Waals surface area contributed by atoms with Crippen LogP contribution in [0.25, 0.3) is 28.2 Å². The first-order chi connectivity index (χ1) is 14.1. The average Bonchev–Trinajstić information content (AvgIpc) is 3.22. The Hall–Kier alpha value is -3.13. The third kappa shape index (κ3) is 3.75. The average molecular weight is 381 g/mol. The Kier molecular flexibility index (Phi) is 5.35. The third-order valence-electron chi connectivity index (χ3n) is 5.50. The molecule has 146 valence electrons. The van der Waals surface area contributed by atoms with Gasteiger partial charge in [0.15, 0.2) is 0 Å². The summed E-state index contributed by atoms with van der Waals surface area (Å²) in [5.74, 6) is 0.995. The molecule has 0 atom stereocenters. The zero-order valence-corrected chi connectivity index (χ0v) is 17.7. The maximum Gasteiger partial charge on any atom is 0.144 e. The van der Waals surface area contributed by atoms with Crippen LogP contribution in [0.2, 0.25) is 0 Å². The number of nitrogens with zero attached hydrogens (tertiary/aromatic N) is 2. The van der Waals surface area contributed by atoms with Crippen molar-refractivity contribution in [3.63, 3.8) is 0 Å². The molecule has 4 rings (SSSR count). The van der Waals surface area contributed by atoms with Gasteiger partial charge in [0.1, 0.15) is 5.82 Å². The smallest absolute Gasteiger partial charge is 0.144 e. The number of hydrogen-bond acceptors (Lipinski definition) is 1. The number of hydrogen-bond donors (Lipinski definition) is 0. The van der Waals surface area contributed by atoms with Gasteiger partial charge >= 0.3 is 0 Å². The van der Waals surface area contributed by atoms with E-state index in [0.717, 1.165) is 24.2 Å². The van der Waals surface area contributed by atoms with E-state index in [1.807, 2.05) is 12.3 Å². The van der Waals surface area contributed by atoms with E-state index >= 15 is 0 Å². The Labute approximate surface area is 173 Å². The molecule has 0 spiro atoms. The molecule has 0 fully saturated rings. The van der Waals surface area contributed by atoms with Gasteiger partial charge < -0.3 is 0 Å². The van der Waals surface area contributed by atoms with Crippen LogP contribution in [0.5, 0.6) is 0 Å². The van der Waals surface area contributed by atoms with Crippen LogP contribution in [0, 0.1) is 13.8 Å². The highest BCUT2D eigenvalue weighted by molar-refractivity contribution is 5.71. The fourth-order valence-electron chi connectivity index (χ4n) is 4.20. The molecule has 0 aliphatic heterocycles. The lowest BCUT2D eigenvalue weighted by Gasteiger charge is -2.19. The van der Waals surface area contributed by atoms with Crippen LogP contribution in [0.1, 0.15) is 36.1 Å². The lowest BCUT2D eigenvalue weighted by molar-refractivity contribution is 0.970. The van der Waals surface area contributed by atoms with Crippen LogP contribution in [0.3, 0.4) is 0 Å². The van der Waals surface area contributed by atoms with Gasteiger partial charge in [-0.05, 0) is 61.1 Å². The molecule has 0 saturated heterocycles. The second-order valence-corrected chi connectivity index (χ2v) is 7.71. The summed E-state index contributed by atoms with van der Waals surface area (Å²) in [5.41, 5.74) is 10.3. The van der Waals surface area contributed by atoms with E-state index in [0.29, 0.717) is 0 Å². The summed E-state index contributed by atoms with van der Waals surface area (Å²) in [6, 6.07) is 22.0. The quantitative estimate of drug-likeness (QED) is 0.366. The van der Waals surface area contributed by atoms with Gasteiger partial charge in [0, 0.05) is 18.0 Å². The van der Waals surface area contributed by atoms with E-state index in [1.165, 1.54) is 39.1 Å². The minimum Gasteiger partial charge on any atom is -0.299 e. The molecule has 0 amide bonds. The van der Waals surface area contributed by atoms with Crippen LogP contribution in [-0.4, -0.2) is 9.55 Å². The van der Waals surface area contributed by atoms with E-state index in [2.05, 4.69) is 98.0 Å². The van der Waals surface area contributed by atoms with E-state index in [4.69, 9.17) is 0 Å². The van der Waals surface area contributed by atoms with E-state index in [9.17, 15) is 0 Å². The first-order valence-corrected chi connectivity index (χ1v) is 10.4. The zero-order chi connectivity index (χ0) is 20.4. The van der Waals surface area contributed by atoms with Gasteiger partial charge in [0.2, 0.25) is 0 Å². The molecular formula is C27H28N2. The maximum absolute atomic E-state index is 4.68. The molecule has 0 N–H and O–H groups in total. The Morgan fingerprint density at radius 1 is 0.724 bits per heavy atom. The molecule has 0 bridgehead atoms. The molecule has 0 saturated carbocycles. The molecule has 3 aromatic carbocycles. The molecule has 0 aliphatic carbocycles. The lowest BCUT2D eigenvalue weighted by atomic mass is 9.93. The monoisotopic (exact) mass is 380 g/mol. The SMILES string of the molecule is CCc1cc(-c2cc(C)cc(C)c2)cc(CC)c1-n1ccnc1-c1ccccc1. The number of imidazole rings is 1. The Morgan fingerprint density at radius 2 is 1.31 bits per heavy atom. The van der Waals surface area contributed by atoms with Gasteiger partial charge in [-0.15, -0.1) is 0 Å². The zero-order valence-electron chi connectivity index (χ0n) is 17.7. The number of benzene rings is 3. The van der Waals surface area contributed by atoms with Crippen molar-refractivity contribution in [3.05, 3.63) is 95.3 Å². The van der Waals surface area contributed by atoms with Crippen LogP contribution in [0.15, 0.2) is 73.1 Å². The molecule has 1 aromatic heterocycles. The van der Waals surface area contributed by atoms with Crippen LogP contribution < -0.4 is 0 Å². The highest BCUT2D eigenvalue weighted by Gasteiger charge is 2.16. The lowest BCUT2D eigenvalue weighted by Crippen LogP contribution is -2.05. The highest BCUT2D eigenvalue weighted by Crippen LogP contribution is 2.32. The summed E-state index contributed by atoms with van der Waals surface area (Å²) in [7, 11) is 0. The molecule has 0 unspecified atom stereocenters. The minimum absolute atomic E-state index is 0.980. The third-order valence-corrected chi connectivity index (χ3v) is 5.50. The molecule has 4 aromatic rings. The van der Waals surface area contributed by atoms with Gasteiger partial charge in [0.05, 0.1) is 5.69 Å². The number of aromatic nitrogens is 2. The number of aryl methyl sites for hydroxylation is 4. The molecule has 1 heterocycles. The van der Waals surface area contributed by atoms with E-state index in [1.54, 1.807) is 0 Å². The van der Waals surface area contributed by atoms with Crippen molar-refractivity contribution in [2.45, 2.75) is 40.5 Å². The van der Waals surface area contributed by atoms with Crippen molar-refractivity contribution in [2.24, 2.45) is 0 Å². The molecule has 0 radical (unpaired) electrons. The van der Waals surface area contributed by atoms with Crippen molar-refractivity contribution >= 4 is 0 Å². The summed E-state index contributed by atoms with van der Waals surface area (Å²) >= 11 is 0. The summed E-state index contributed by atoms with van der Waals surface area (Å²) in [4.78, 5) is 4.68. The predicted molar refractivity (Wildman–Crippen MR) is 123 cm³/mol. The predicted octanol–water partition coefficient (Wildman–Crippen LogP) is 6.95. The first-order valence-electron chi connectivity index (χ1n) is 10.4. The second-order valence-electron chi connectivity index (χ2n) is 7.71. The van der Waals surface area contributed by atoms with Gasteiger partial charge in [-0.2, -0.15) is 0 Å². The summed E-state index contributed by atoms with van der Waals surface area (Å²) in [6.45, 7) is 8.82. The standard InChI is InChI=1S/C27H28N2/c1-5-21-17-25(24-15-19(3)14-20(4)16-24)18-22(6-2)26(21)29-13-12-28-27(29)23-10-8-7-9-11-23/h7-18H,5-6H2,1-4H3. The van der Waals surface area contributed by atoms with Gasteiger partial charge in [-0.25, -0.2) is 4.98 Å². The molecular weight excluding hydrogens is 352 g/mol. The fourth-order valence-corrected chi connectivity index (χ4v) is 4.20. The summed E-state index contributed by atoms with van der Waals surface area (Å²) < 4.78 is 2.26. The summed E-state index contributed by atoms with van der Waals surface area (Å²) in [6.07, 6.45) is 5.95. The molecule has 2 heteroatoms. The normalized spacial score (nSPS) is 11.0. The second kappa shape index (κ2) is 8.08. The summed E-state index contributed by atoms with van der Waals surface area (Å²) in [5, 5.41) is 0. The molecule has 29 heavy (non-hydrogen) atoms. The largest absolute Gasteiger partial charge is 0.299 e. The van der Waals surface area contributed by atoms with Gasteiger partial charge in [-0.3, -0.25) is 4.57 Å². The Balaban J connectivity index is 1.91. The van der Waals surface area contributed by atoms with E-state index < -0.39 is 0 Å². The van der Waals surface area contributed by atoms with Crippen LogP contribution in [0.4, 0.5) is 0 Å². The molecule has 2 nitrogen and oxygen atoms in total. The Bertz CT molecular complexity index is 1090. The molecule has 0 aliphatic rings. The van der Waals surface area contributed by atoms with Gasteiger partial charge in [-0.1, -0.05) is 73.5 Å². The van der Waals surface area contributed by atoms with Gasteiger partial charge in [0.25, 0.3) is 0 Å². The minimum atomic E-state index is 0.980. The number of rotatable bonds is 5. The van der Waals surface area contributed by atoms with Crippen molar-refractivity contribution in [1.29, 1.82) is 0 Å². The van der Waals surface area contributed by atoms with Crippen LogP contribution in [-0.2, 0) is 12.8 Å². The fraction of sp³-hybridized carbons (Fsp3) is 0.222. The maximum atomic E-state index is 4.68. The Morgan fingerprint density at radius 3 is 1.90 bits per heavy atom. The van der Waals surface area contributed by atoms with E-state index in [-0.39, 0.29) is 0 Å². The van der Waals surface area contributed by atoms with Crippen molar-refractivity contribution in [1.82, 2.24) is 9.55 Å². The topological polar surface area (TPSA) is 17.8 Å². The van der Waals surface area contributed by atoms with Crippen molar-refractivity contribution in [2.75, 3.05) is 0 Å². The van der Waals surface area contributed by atoms with Crippen molar-refractivity contribution < 1.29 is 0 Å². The van der Waals surface area contributed by atoms with Crippen molar-refractivity contribution in [3.8, 4) is 28.2 Å². The van der Waals surface area contributed by atoms with Crippen LogP contribution >= 0.6 is 0 Å². The highest BCUT2D eigenvalue weighted by atomic mass is 15.1. The first kappa shape index (κ1) is 19.2.